The van der Waals surface area contributed by atoms with Gasteiger partial charge in [0.05, 0.1) is 12.7 Å². The molecule has 0 unspecified atom stereocenters. The maximum Gasteiger partial charge on any atom is 0.305 e. The lowest BCUT2D eigenvalue weighted by molar-refractivity contribution is -0.137. The largest absolute Gasteiger partial charge is 0.481 e. The molecule has 0 saturated heterocycles. The Kier molecular flexibility index (Phi) is 4.77. The molecule has 1 N–H and O–H groups in total. The molecule has 0 atom stereocenters. The number of carboxylic acids is 1. The summed E-state index contributed by atoms with van der Waals surface area (Å²) < 4.78 is 5.33. The highest BCUT2D eigenvalue weighted by molar-refractivity contribution is 5.98. The van der Waals surface area contributed by atoms with Crippen molar-refractivity contribution < 1.29 is 19.1 Å². The fraction of sp³-hybridized carbons (Fsp3) is 0.250. The normalized spacial score (nSPS) is 10.3. The number of amides is 1. The van der Waals surface area contributed by atoms with Crippen LogP contribution in [0, 0.1) is 0 Å². The van der Waals surface area contributed by atoms with Crippen molar-refractivity contribution in [2.24, 2.45) is 0 Å². The van der Waals surface area contributed by atoms with Crippen molar-refractivity contribution in [3.8, 4) is 11.1 Å². The van der Waals surface area contributed by atoms with E-state index in [9.17, 15) is 9.59 Å². The minimum absolute atomic E-state index is 0.0824. The Morgan fingerprint density at radius 2 is 1.90 bits per heavy atom. The van der Waals surface area contributed by atoms with Crippen molar-refractivity contribution >= 4 is 11.9 Å². The van der Waals surface area contributed by atoms with Crippen molar-refractivity contribution in [3.05, 3.63) is 48.4 Å². The minimum Gasteiger partial charge on any atom is -0.481 e. The molecule has 2 rings (SSSR count). The van der Waals surface area contributed by atoms with Gasteiger partial charge in [-0.3, -0.25) is 9.59 Å². The first-order chi connectivity index (χ1) is 10.1. The minimum atomic E-state index is -0.927. The molecule has 21 heavy (non-hydrogen) atoms. The Labute approximate surface area is 122 Å². The molecule has 0 aliphatic heterocycles. The van der Waals surface area contributed by atoms with E-state index in [0.29, 0.717) is 6.54 Å². The molecule has 0 bridgehead atoms. The van der Waals surface area contributed by atoms with Gasteiger partial charge in [0, 0.05) is 18.7 Å². The predicted octanol–water partition coefficient (Wildman–Crippen LogP) is 2.88. The lowest BCUT2D eigenvalue weighted by Gasteiger charge is -2.19. The van der Waals surface area contributed by atoms with Gasteiger partial charge in [-0.15, -0.1) is 0 Å². The van der Waals surface area contributed by atoms with Crippen LogP contribution >= 0.6 is 0 Å². The van der Waals surface area contributed by atoms with Crippen LogP contribution in [0.2, 0.25) is 0 Å². The van der Waals surface area contributed by atoms with Gasteiger partial charge < -0.3 is 14.4 Å². The lowest BCUT2D eigenvalue weighted by Crippen LogP contribution is -2.32. The highest BCUT2D eigenvalue weighted by atomic mass is 16.4. The van der Waals surface area contributed by atoms with Gasteiger partial charge in [-0.25, -0.2) is 0 Å². The Balaban J connectivity index is 2.23. The smallest absolute Gasteiger partial charge is 0.305 e. The van der Waals surface area contributed by atoms with Crippen LogP contribution < -0.4 is 0 Å². The molecule has 0 saturated carbocycles. The van der Waals surface area contributed by atoms with E-state index in [0.717, 1.165) is 11.1 Å². The highest BCUT2D eigenvalue weighted by Crippen LogP contribution is 2.25. The number of benzene rings is 1. The quantitative estimate of drug-likeness (QED) is 0.886. The summed E-state index contributed by atoms with van der Waals surface area (Å²) in [5, 5.41) is 8.74. The number of carbonyl (C=O) groups is 2. The summed E-state index contributed by atoms with van der Waals surface area (Å²) in [6.07, 6.45) is 1.39. The molecule has 0 fully saturated rings. The van der Waals surface area contributed by atoms with Gasteiger partial charge in [0.1, 0.15) is 0 Å². The molecule has 0 aliphatic rings. The average Bonchev–Trinajstić information content (AvgIpc) is 2.97. The molecular formula is C16H17NO4. The maximum atomic E-state index is 12.5. The van der Waals surface area contributed by atoms with Crippen LogP contribution in [-0.4, -0.2) is 35.0 Å². The van der Waals surface area contributed by atoms with Crippen LogP contribution in [0.5, 0.6) is 0 Å². The van der Waals surface area contributed by atoms with Gasteiger partial charge in [-0.05, 0) is 18.6 Å². The molecule has 5 heteroatoms. The molecule has 110 valence electrons. The second-order valence-electron chi connectivity index (χ2n) is 4.56. The third-order valence-electron chi connectivity index (χ3n) is 3.21. The number of aliphatic carboxylic acids is 1. The SMILES string of the molecule is CCN(CCC(=O)O)C(=O)c1occc1-c1ccccc1. The number of carboxylic acid groups (broad SMARTS) is 1. The molecule has 0 aliphatic carbocycles. The van der Waals surface area contributed by atoms with Crippen LogP contribution in [0.15, 0.2) is 47.1 Å². The summed E-state index contributed by atoms with van der Waals surface area (Å²) in [6.45, 7) is 2.41. The number of carbonyl (C=O) groups excluding carboxylic acids is 1. The summed E-state index contributed by atoms with van der Waals surface area (Å²) in [7, 11) is 0. The monoisotopic (exact) mass is 287 g/mol. The van der Waals surface area contributed by atoms with E-state index in [1.54, 1.807) is 6.07 Å². The summed E-state index contributed by atoms with van der Waals surface area (Å²) >= 11 is 0. The summed E-state index contributed by atoms with van der Waals surface area (Å²) in [5.41, 5.74) is 1.61. The van der Waals surface area contributed by atoms with Crippen molar-refractivity contribution in [3.63, 3.8) is 0 Å². The van der Waals surface area contributed by atoms with Crippen molar-refractivity contribution in [1.82, 2.24) is 4.90 Å². The van der Waals surface area contributed by atoms with Crippen LogP contribution in [-0.2, 0) is 4.79 Å². The van der Waals surface area contributed by atoms with Crippen LogP contribution in [0.1, 0.15) is 23.9 Å². The van der Waals surface area contributed by atoms with Crippen molar-refractivity contribution in [2.75, 3.05) is 13.1 Å². The summed E-state index contributed by atoms with van der Waals surface area (Å²) in [4.78, 5) is 24.6. The molecule has 1 amide bonds. The fourth-order valence-electron chi connectivity index (χ4n) is 2.10. The van der Waals surface area contributed by atoms with Gasteiger partial charge in [0.2, 0.25) is 0 Å². The third kappa shape index (κ3) is 3.51. The Hall–Kier alpha value is -2.56. The van der Waals surface area contributed by atoms with Crippen LogP contribution in [0.3, 0.4) is 0 Å². The van der Waals surface area contributed by atoms with E-state index in [1.165, 1.54) is 11.2 Å². The molecule has 0 spiro atoms. The maximum absolute atomic E-state index is 12.5. The average molecular weight is 287 g/mol. The molecular weight excluding hydrogens is 270 g/mol. The van der Waals surface area contributed by atoms with Crippen molar-refractivity contribution in [1.29, 1.82) is 0 Å². The van der Waals surface area contributed by atoms with Crippen LogP contribution in [0.4, 0.5) is 0 Å². The van der Waals surface area contributed by atoms with E-state index in [1.807, 2.05) is 37.3 Å². The fourth-order valence-corrected chi connectivity index (χ4v) is 2.10. The molecule has 1 aromatic heterocycles. The lowest BCUT2D eigenvalue weighted by atomic mass is 10.1. The Morgan fingerprint density at radius 1 is 1.19 bits per heavy atom. The molecule has 1 heterocycles. The first-order valence-corrected chi connectivity index (χ1v) is 6.77. The zero-order valence-electron chi connectivity index (χ0n) is 11.8. The second-order valence-corrected chi connectivity index (χ2v) is 4.56. The van der Waals surface area contributed by atoms with E-state index in [4.69, 9.17) is 9.52 Å². The van der Waals surface area contributed by atoms with E-state index in [2.05, 4.69) is 0 Å². The van der Waals surface area contributed by atoms with Gasteiger partial charge >= 0.3 is 5.97 Å². The Bertz CT molecular complexity index is 618. The summed E-state index contributed by atoms with van der Waals surface area (Å²) in [5.74, 6) is -0.972. The first-order valence-electron chi connectivity index (χ1n) is 6.77. The number of nitrogens with zero attached hydrogens (tertiary/aromatic N) is 1. The number of furan rings is 1. The second kappa shape index (κ2) is 6.74. The van der Waals surface area contributed by atoms with Crippen molar-refractivity contribution in [2.45, 2.75) is 13.3 Å². The van der Waals surface area contributed by atoms with E-state index in [-0.39, 0.29) is 24.6 Å². The molecule has 5 nitrogen and oxygen atoms in total. The standard InChI is InChI=1S/C16H17NO4/c1-2-17(10-8-14(18)19)16(20)15-13(9-11-21-15)12-6-4-3-5-7-12/h3-7,9,11H,2,8,10H2,1H3,(H,18,19). The third-order valence-corrected chi connectivity index (χ3v) is 3.21. The van der Waals surface area contributed by atoms with Crippen LogP contribution in [0.25, 0.3) is 11.1 Å². The number of rotatable bonds is 6. The highest BCUT2D eigenvalue weighted by Gasteiger charge is 2.22. The van der Waals surface area contributed by atoms with Gasteiger partial charge in [-0.2, -0.15) is 0 Å². The molecule has 2 aromatic rings. The zero-order chi connectivity index (χ0) is 15.2. The van der Waals surface area contributed by atoms with Gasteiger partial charge in [0.15, 0.2) is 5.76 Å². The first kappa shape index (κ1) is 14.8. The van der Waals surface area contributed by atoms with Gasteiger partial charge in [-0.1, -0.05) is 30.3 Å². The predicted molar refractivity (Wildman–Crippen MR) is 78.0 cm³/mol. The summed E-state index contributed by atoms with van der Waals surface area (Å²) in [6, 6.07) is 11.2. The van der Waals surface area contributed by atoms with E-state index < -0.39 is 5.97 Å². The molecule has 0 radical (unpaired) electrons. The van der Waals surface area contributed by atoms with Gasteiger partial charge in [0.25, 0.3) is 5.91 Å². The zero-order valence-corrected chi connectivity index (χ0v) is 11.8. The number of hydrogen-bond donors (Lipinski definition) is 1. The molecule has 1 aromatic carbocycles. The number of hydrogen-bond acceptors (Lipinski definition) is 3. The Morgan fingerprint density at radius 3 is 2.52 bits per heavy atom. The topological polar surface area (TPSA) is 70.8 Å². The van der Waals surface area contributed by atoms with E-state index >= 15 is 0 Å².